The van der Waals surface area contributed by atoms with Crippen molar-refractivity contribution in [3.05, 3.63) is 69.4 Å². The Kier molecular flexibility index (Phi) is 6.09. The van der Waals surface area contributed by atoms with Gasteiger partial charge in [-0.05, 0) is 44.2 Å². The molecule has 0 bridgehead atoms. The largest absolute Gasteiger partial charge is 0.341 e. The molecule has 0 fully saturated rings. The topological polar surface area (TPSA) is 59.4 Å². The Labute approximate surface area is 149 Å². The predicted molar refractivity (Wildman–Crippen MR) is 93.4 cm³/mol. The fourth-order valence-electron chi connectivity index (χ4n) is 2.52. The molecule has 0 saturated carbocycles. The summed E-state index contributed by atoms with van der Waals surface area (Å²) in [7, 11) is 0. The number of nitrogens with zero attached hydrogens (tertiary/aromatic N) is 2. The van der Waals surface area contributed by atoms with E-state index >= 15 is 0 Å². The summed E-state index contributed by atoms with van der Waals surface area (Å²) in [6.07, 6.45) is 1.26. The zero-order chi connectivity index (χ0) is 18.6. The van der Waals surface area contributed by atoms with E-state index < -0.39 is 29.1 Å². The number of halogens is 2. The smallest absolute Gasteiger partial charge is 0.253 e. The van der Waals surface area contributed by atoms with Crippen LogP contribution in [0.5, 0.6) is 0 Å². The molecule has 0 aliphatic rings. The average molecular weight is 365 g/mol. The van der Waals surface area contributed by atoms with Crippen molar-refractivity contribution in [3.8, 4) is 0 Å². The molecule has 2 aromatic rings. The fraction of sp³-hybridized carbons (Fsp3) is 0.278. The number of rotatable bonds is 6. The average Bonchev–Trinajstić information content (AvgIpc) is 2.60. The van der Waals surface area contributed by atoms with Crippen molar-refractivity contribution in [3.63, 3.8) is 0 Å². The lowest BCUT2D eigenvalue weighted by Gasteiger charge is -2.25. The van der Waals surface area contributed by atoms with Crippen LogP contribution in [0.1, 0.15) is 30.2 Å². The minimum Gasteiger partial charge on any atom is -0.341 e. The van der Waals surface area contributed by atoms with Gasteiger partial charge in [0, 0.05) is 30.9 Å². The molecule has 1 amide bonds. The van der Waals surface area contributed by atoms with Crippen LogP contribution in [0.3, 0.4) is 0 Å². The van der Waals surface area contributed by atoms with Gasteiger partial charge in [0.25, 0.3) is 11.5 Å². The number of hydrogen-bond donors (Lipinski definition) is 0. The Hall–Kier alpha value is -2.47. The van der Waals surface area contributed by atoms with Crippen LogP contribution in [0.4, 0.5) is 4.39 Å². The Balaban J connectivity index is 2.57. The second-order valence-electron chi connectivity index (χ2n) is 5.38. The van der Waals surface area contributed by atoms with Gasteiger partial charge in [0.2, 0.25) is 0 Å². The fourth-order valence-corrected chi connectivity index (χ4v) is 2.68. The summed E-state index contributed by atoms with van der Waals surface area (Å²) >= 11 is 5.94. The highest BCUT2D eigenvalue weighted by atomic mass is 35.5. The highest BCUT2D eigenvalue weighted by Crippen LogP contribution is 2.19. The molecule has 1 atom stereocenters. The van der Waals surface area contributed by atoms with Crippen molar-refractivity contribution < 1.29 is 14.0 Å². The molecular weight excluding hydrogens is 347 g/mol. The maximum Gasteiger partial charge on any atom is 0.253 e. The molecule has 0 spiro atoms. The van der Waals surface area contributed by atoms with Gasteiger partial charge in [-0.2, -0.15) is 0 Å². The summed E-state index contributed by atoms with van der Waals surface area (Å²) in [5.74, 6) is -1.60. The van der Waals surface area contributed by atoms with Crippen molar-refractivity contribution >= 4 is 23.3 Å². The summed E-state index contributed by atoms with van der Waals surface area (Å²) in [4.78, 5) is 39.5. The Morgan fingerprint density at radius 2 is 1.72 bits per heavy atom. The number of ketones is 1. The quantitative estimate of drug-likeness (QED) is 0.585. The summed E-state index contributed by atoms with van der Waals surface area (Å²) in [6, 6.07) is 6.03. The number of aromatic nitrogens is 1. The first-order valence-corrected chi connectivity index (χ1v) is 8.23. The summed E-state index contributed by atoms with van der Waals surface area (Å²) < 4.78 is 14.2. The number of hydrogen-bond acceptors (Lipinski definition) is 3. The van der Waals surface area contributed by atoms with Gasteiger partial charge < -0.3 is 4.90 Å². The second kappa shape index (κ2) is 8.07. The van der Waals surface area contributed by atoms with E-state index in [1.807, 2.05) is 0 Å². The van der Waals surface area contributed by atoms with E-state index in [0.717, 1.165) is 16.7 Å². The first kappa shape index (κ1) is 18.9. The van der Waals surface area contributed by atoms with E-state index in [2.05, 4.69) is 0 Å². The Morgan fingerprint density at radius 1 is 1.12 bits per heavy atom. The first-order valence-electron chi connectivity index (χ1n) is 7.85. The van der Waals surface area contributed by atoms with Crippen LogP contribution in [0, 0.1) is 5.82 Å². The molecule has 1 unspecified atom stereocenters. The molecule has 1 aromatic heterocycles. The number of pyridine rings is 1. The molecule has 1 aromatic carbocycles. The summed E-state index contributed by atoms with van der Waals surface area (Å²) in [6.45, 7) is 4.33. The van der Waals surface area contributed by atoms with E-state index in [-0.39, 0.29) is 10.6 Å². The molecule has 0 saturated heterocycles. The van der Waals surface area contributed by atoms with Gasteiger partial charge in [-0.25, -0.2) is 4.39 Å². The van der Waals surface area contributed by atoms with Crippen LogP contribution in [-0.2, 0) is 4.79 Å². The van der Waals surface area contributed by atoms with E-state index in [4.69, 9.17) is 11.6 Å². The van der Waals surface area contributed by atoms with Gasteiger partial charge in [0.15, 0.2) is 11.8 Å². The monoisotopic (exact) mass is 364 g/mol. The molecular formula is C18H18ClFN2O3. The maximum atomic E-state index is 13.1. The molecule has 132 valence electrons. The van der Waals surface area contributed by atoms with Gasteiger partial charge in [-0.3, -0.25) is 19.0 Å². The Morgan fingerprint density at radius 3 is 2.28 bits per heavy atom. The van der Waals surface area contributed by atoms with Crippen LogP contribution >= 0.6 is 11.6 Å². The highest BCUT2D eigenvalue weighted by molar-refractivity contribution is 6.30. The molecule has 0 N–H and O–H groups in total. The zero-order valence-corrected chi connectivity index (χ0v) is 14.7. The zero-order valence-electron chi connectivity index (χ0n) is 13.9. The van der Waals surface area contributed by atoms with Gasteiger partial charge in [0.05, 0.1) is 5.02 Å². The van der Waals surface area contributed by atoms with E-state index in [9.17, 15) is 18.8 Å². The van der Waals surface area contributed by atoms with Gasteiger partial charge in [-0.15, -0.1) is 0 Å². The maximum absolute atomic E-state index is 13.1. The van der Waals surface area contributed by atoms with E-state index in [1.165, 1.54) is 35.4 Å². The standard InChI is InChI=1S/C18H18ClFN2O3/c1-3-21(4-2)18(25)16(22-11-13(19)7-10-15(22)23)17(24)12-5-8-14(20)9-6-12/h5-11,16H,3-4H2,1-2H3. The molecule has 5 nitrogen and oxygen atoms in total. The van der Waals surface area contributed by atoms with Crippen LogP contribution in [0.2, 0.25) is 5.02 Å². The summed E-state index contributed by atoms with van der Waals surface area (Å²) in [5.41, 5.74) is -0.385. The van der Waals surface area contributed by atoms with Gasteiger partial charge in [-0.1, -0.05) is 11.6 Å². The molecule has 1 heterocycles. The minimum atomic E-state index is -1.39. The SMILES string of the molecule is CCN(CC)C(=O)C(C(=O)c1ccc(F)cc1)n1cc(Cl)ccc1=O. The van der Waals surface area contributed by atoms with Crippen molar-refractivity contribution in [1.82, 2.24) is 9.47 Å². The molecule has 0 aliphatic heterocycles. The third-order valence-electron chi connectivity index (χ3n) is 3.87. The summed E-state index contributed by atoms with van der Waals surface area (Å²) in [5, 5.41) is 0.226. The van der Waals surface area contributed by atoms with E-state index in [1.54, 1.807) is 13.8 Å². The van der Waals surface area contributed by atoms with Crippen LogP contribution in [0.25, 0.3) is 0 Å². The van der Waals surface area contributed by atoms with Gasteiger partial charge >= 0.3 is 0 Å². The van der Waals surface area contributed by atoms with Crippen LogP contribution < -0.4 is 5.56 Å². The number of Topliss-reactive ketones (excluding diaryl/α,β-unsaturated/α-hetero) is 1. The second-order valence-corrected chi connectivity index (χ2v) is 5.81. The third kappa shape index (κ3) is 4.14. The van der Waals surface area contributed by atoms with Crippen molar-refractivity contribution in [2.75, 3.05) is 13.1 Å². The highest BCUT2D eigenvalue weighted by Gasteiger charge is 2.32. The van der Waals surface area contributed by atoms with Crippen molar-refractivity contribution in [2.24, 2.45) is 0 Å². The van der Waals surface area contributed by atoms with E-state index in [0.29, 0.717) is 13.1 Å². The first-order chi connectivity index (χ1) is 11.9. The van der Waals surface area contributed by atoms with Crippen LogP contribution in [0.15, 0.2) is 47.4 Å². The molecule has 7 heteroatoms. The lowest BCUT2D eigenvalue weighted by Crippen LogP contribution is -2.43. The number of benzene rings is 1. The van der Waals surface area contributed by atoms with Crippen molar-refractivity contribution in [2.45, 2.75) is 19.9 Å². The lowest BCUT2D eigenvalue weighted by molar-refractivity contribution is -0.133. The Bertz CT molecular complexity index is 829. The third-order valence-corrected chi connectivity index (χ3v) is 4.09. The number of likely N-dealkylation sites (N-methyl/N-ethyl adjacent to an activating group) is 1. The van der Waals surface area contributed by atoms with Gasteiger partial charge in [0.1, 0.15) is 5.82 Å². The lowest BCUT2D eigenvalue weighted by atomic mass is 10.0. The number of carbonyl (C=O) groups excluding carboxylic acids is 2. The molecule has 2 rings (SSSR count). The molecule has 25 heavy (non-hydrogen) atoms. The van der Waals surface area contributed by atoms with Crippen molar-refractivity contribution in [1.29, 1.82) is 0 Å². The number of amides is 1. The van der Waals surface area contributed by atoms with Crippen LogP contribution in [-0.4, -0.2) is 34.2 Å². The molecule has 0 radical (unpaired) electrons. The predicted octanol–water partition coefficient (Wildman–Crippen LogP) is 2.93. The minimum absolute atomic E-state index is 0.138. The molecule has 0 aliphatic carbocycles. The number of carbonyl (C=O) groups is 2. The normalized spacial score (nSPS) is 11.8.